The van der Waals surface area contributed by atoms with Gasteiger partial charge in [-0.3, -0.25) is 4.79 Å². The lowest BCUT2D eigenvalue weighted by Gasteiger charge is -2.32. The summed E-state index contributed by atoms with van der Waals surface area (Å²) in [6, 6.07) is 18.6. The third-order valence-electron chi connectivity index (χ3n) is 5.18. The van der Waals surface area contributed by atoms with Crippen LogP contribution in [-0.2, 0) is 0 Å². The third-order valence-corrected chi connectivity index (χ3v) is 5.18. The number of benzene rings is 2. The van der Waals surface area contributed by atoms with E-state index in [1.807, 2.05) is 53.4 Å². The first kappa shape index (κ1) is 19.9. The fraction of sp³-hybridized carbons (Fsp3) is 0.391. The zero-order valence-electron chi connectivity index (χ0n) is 16.2. The minimum atomic E-state index is -0.404. The van der Waals surface area contributed by atoms with Crippen LogP contribution in [0.3, 0.4) is 0 Å². The molecule has 2 aromatic carbocycles. The van der Waals surface area contributed by atoms with E-state index in [-0.39, 0.29) is 5.91 Å². The number of carbonyl (C=O) groups is 2. The van der Waals surface area contributed by atoms with Gasteiger partial charge in [0, 0.05) is 25.2 Å². The van der Waals surface area contributed by atoms with Crippen LogP contribution in [0, 0.1) is 5.92 Å². The monoisotopic (exact) mass is 380 g/mol. The van der Waals surface area contributed by atoms with Gasteiger partial charge in [0.25, 0.3) is 5.91 Å². The summed E-state index contributed by atoms with van der Waals surface area (Å²) in [4.78, 5) is 26.2. The number of nitrogens with zero attached hydrogens (tertiary/aromatic N) is 1. The molecule has 1 N–H and O–H groups in total. The van der Waals surface area contributed by atoms with Crippen LogP contribution in [-0.4, -0.2) is 36.5 Å². The Hall–Kier alpha value is -2.82. The molecule has 148 valence electrons. The Morgan fingerprint density at radius 3 is 2.25 bits per heavy atom. The second-order valence-electron chi connectivity index (χ2n) is 7.23. The van der Waals surface area contributed by atoms with E-state index in [0.29, 0.717) is 18.2 Å². The standard InChI is InChI=1S/C23H28N2O3/c26-22(20-10-3-1-4-11-20)25-17-14-19(15-18-25)9-7-8-16-24-23(27)28-21-12-5-2-6-13-21/h1-6,10-13,19H,7-9,14-18H2,(H,24,27). The lowest BCUT2D eigenvalue weighted by atomic mass is 9.91. The molecule has 5 nitrogen and oxygen atoms in total. The molecule has 0 aromatic heterocycles. The van der Waals surface area contributed by atoms with E-state index in [1.54, 1.807) is 12.1 Å². The van der Waals surface area contributed by atoms with E-state index in [0.717, 1.165) is 50.8 Å². The van der Waals surface area contributed by atoms with Gasteiger partial charge in [-0.1, -0.05) is 49.2 Å². The highest BCUT2D eigenvalue weighted by molar-refractivity contribution is 5.94. The molecule has 28 heavy (non-hydrogen) atoms. The maximum absolute atomic E-state index is 12.5. The fourth-order valence-electron chi connectivity index (χ4n) is 3.57. The van der Waals surface area contributed by atoms with Crippen molar-refractivity contribution < 1.29 is 14.3 Å². The summed E-state index contributed by atoms with van der Waals surface area (Å²) in [5.41, 5.74) is 0.773. The van der Waals surface area contributed by atoms with Crippen molar-refractivity contribution in [2.24, 2.45) is 5.92 Å². The van der Waals surface area contributed by atoms with Gasteiger partial charge >= 0.3 is 6.09 Å². The van der Waals surface area contributed by atoms with Gasteiger partial charge in [0.15, 0.2) is 0 Å². The van der Waals surface area contributed by atoms with E-state index in [9.17, 15) is 9.59 Å². The number of ether oxygens (including phenoxy) is 1. The Morgan fingerprint density at radius 2 is 1.57 bits per heavy atom. The average molecular weight is 380 g/mol. The van der Waals surface area contributed by atoms with Crippen molar-refractivity contribution in [3.8, 4) is 5.75 Å². The Balaban J connectivity index is 1.27. The fourth-order valence-corrected chi connectivity index (χ4v) is 3.57. The summed E-state index contributed by atoms with van der Waals surface area (Å²) in [6.07, 6.45) is 4.86. The van der Waals surface area contributed by atoms with Crippen molar-refractivity contribution in [1.29, 1.82) is 0 Å². The molecule has 1 aliphatic rings. The molecule has 0 unspecified atom stereocenters. The van der Waals surface area contributed by atoms with Crippen LogP contribution < -0.4 is 10.1 Å². The van der Waals surface area contributed by atoms with Gasteiger partial charge in [0.2, 0.25) is 0 Å². The summed E-state index contributed by atoms with van der Waals surface area (Å²) in [6.45, 7) is 2.29. The average Bonchev–Trinajstić information content (AvgIpc) is 2.75. The highest BCUT2D eigenvalue weighted by Gasteiger charge is 2.23. The molecule has 1 fully saturated rings. The molecule has 0 atom stereocenters. The summed E-state index contributed by atoms with van der Waals surface area (Å²) < 4.78 is 5.19. The van der Waals surface area contributed by atoms with Gasteiger partial charge < -0.3 is 15.0 Å². The van der Waals surface area contributed by atoms with Crippen molar-refractivity contribution in [1.82, 2.24) is 10.2 Å². The van der Waals surface area contributed by atoms with Crippen LogP contribution in [0.15, 0.2) is 60.7 Å². The largest absolute Gasteiger partial charge is 0.412 e. The second kappa shape index (κ2) is 10.5. The first-order chi connectivity index (χ1) is 13.7. The molecule has 2 amide bonds. The maximum atomic E-state index is 12.5. The lowest BCUT2D eigenvalue weighted by molar-refractivity contribution is 0.0686. The lowest BCUT2D eigenvalue weighted by Crippen LogP contribution is -2.38. The number of likely N-dealkylation sites (tertiary alicyclic amines) is 1. The summed E-state index contributed by atoms with van der Waals surface area (Å²) in [7, 11) is 0. The van der Waals surface area contributed by atoms with Crippen LogP contribution in [0.5, 0.6) is 5.75 Å². The van der Waals surface area contributed by atoms with Crippen LogP contribution in [0.2, 0.25) is 0 Å². The number of para-hydroxylation sites is 1. The van der Waals surface area contributed by atoms with Crippen LogP contribution >= 0.6 is 0 Å². The molecule has 3 rings (SSSR count). The minimum absolute atomic E-state index is 0.139. The molecule has 0 radical (unpaired) electrons. The van der Waals surface area contributed by atoms with Gasteiger partial charge in [0.05, 0.1) is 0 Å². The maximum Gasteiger partial charge on any atom is 0.412 e. The normalized spacial score (nSPS) is 14.5. The van der Waals surface area contributed by atoms with Gasteiger partial charge in [-0.05, 0) is 49.4 Å². The number of amides is 2. The van der Waals surface area contributed by atoms with E-state index in [1.165, 1.54) is 0 Å². The van der Waals surface area contributed by atoms with Gasteiger partial charge in [-0.15, -0.1) is 0 Å². The van der Waals surface area contributed by atoms with E-state index >= 15 is 0 Å². The predicted octanol–water partition coefficient (Wildman–Crippen LogP) is 4.50. The van der Waals surface area contributed by atoms with Crippen molar-refractivity contribution in [2.45, 2.75) is 32.1 Å². The zero-order chi connectivity index (χ0) is 19.6. The Bertz CT molecular complexity index is 741. The van der Waals surface area contributed by atoms with E-state index < -0.39 is 6.09 Å². The summed E-state index contributed by atoms with van der Waals surface area (Å²) >= 11 is 0. The summed E-state index contributed by atoms with van der Waals surface area (Å²) in [5, 5.41) is 2.79. The number of nitrogens with one attached hydrogen (secondary N) is 1. The molecular weight excluding hydrogens is 352 g/mol. The molecule has 1 aliphatic heterocycles. The number of carbonyl (C=O) groups excluding carboxylic acids is 2. The van der Waals surface area contributed by atoms with Crippen LogP contribution in [0.4, 0.5) is 4.79 Å². The minimum Gasteiger partial charge on any atom is -0.410 e. The molecular formula is C23H28N2O3. The number of hydrogen-bond donors (Lipinski definition) is 1. The van der Waals surface area contributed by atoms with E-state index in [4.69, 9.17) is 4.74 Å². The molecule has 0 spiro atoms. The molecule has 0 saturated carbocycles. The second-order valence-corrected chi connectivity index (χ2v) is 7.23. The van der Waals surface area contributed by atoms with Crippen molar-refractivity contribution >= 4 is 12.0 Å². The zero-order valence-corrected chi connectivity index (χ0v) is 16.2. The predicted molar refractivity (Wildman–Crippen MR) is 109 cm³/mol. The Labute approximate surface area is 166 Å². The van der Waals surface area contributed by atoms with Crippen molar-refractivity contribution in [2.75, 3.05) is 19.6 Å². The topological polar surface area (TPSA) is 58.6 Å². The van der Waals surface area contributed by atoms with Crippen LogP contribution in [0.1, 0.15) is 42.5 Å². The van der Waals surface area contributed by atoms with Crippen molar-refractivity contribution in [3.63, 3.8) is 0 Å². The third kappa shape index (κ3) is 6.12. The Kier molecular flexibility index (Phi) is 7.47. The number of hydrogen-bond acceptors (Lipinski definition) is 3. The molecule has 1 heterocycles. The van der Waals surface area contributed by atoms with Gasteiger partial charge in [0.1, 0.15) is 5.75 Å². The number of piperidine rings is 1. The van der Waals surface area contributed by atoms with Crippen molar-refractivity contribution in [3.05, 3.63) is 66.2 Å². The van der Waals surface area contributed by atoms with Gasteiger partial charge in [-0.2, -0.15) is 0 Å². The molecule has 2 aromatic rings. The first-order valence-corrected chi connectivity index (χ1v) is 10.1. The van der Waals surface area contributed by atoms with Gasteiger partial charge in [-0.25, -0.2) is 4.79 Å². The Morgan fingerprint density at radius 1 is 0.929 bits per heavy atom. The molecule has 5 heteroatoms. The first-order valence-electron chi connectivity index (χ1n) is 10.1. The highest BCUT2D eigenvalue weighted by atomic mass is 16.6. The molecule has 1 saturated heterocycles. The summed E-state index contributed by atoms with van der Waals surface area (Å²) in [5.74, 6) is 1.35. The molecule has 0 bridgehead atoms. The number of rotatable bonds is 7. The highest BCUT2D eigenvalue weighted by Crippen LogP contribution is 2.23. The smallest absolute Gasteiger partial charge is 0.410 e. The molecule has 0 aliphatic carbocycles. The van der Waals surface area contributed by atoms with E-state index in [2.05, 4.69) is 5.32 Å². The van der Waals surface area contributed by atoms with Crippen LogP contribution in [0.25, 0.3) is 0 Å². The number of unbranched alkanes of at least 4 members (excludes halogenated alkanes) is 1. The SMILES string of the molecule is O=C(NCCCCC1CCN(C(=O)c2ccccc2)CC1)Oc1ccccc1. The quantitative estimate of drug-likeness (QED) is 0.720.